The summed E-state index contributed by atoms with van der Waals surface area (Å²) in [5.41, 5.74) is 0.00359. The van der Waals surface area contributed by atoms with E-state index in [9.17, 15) is 23.1 Å². The molecule has 0 saturated carbocycles. The quantitative estimate of drug-likeness (QED) is 0.652. The second kappa shape index (κ2) is 9.70. The predicted octanol–water partition coefficient (Wildman–Crippen LogP) is 2.85. The number of carbonyl (C=O) groups is 2. The van der Waals surface area contributed by atoms with Gasteiger partial charge in [0.05, 0.1) is 15.9 Å². The van der Waals surface area contributed by atoms with Crippen LogP contribution in [0.2, 0.25) is 0 Å². The maximum Gasteiger partial charge on any atom is 0.314 e. The first-order valence-electron chi connectivity index (χ1n) is 11.8. The summed E-state index contributed by atoms with van der Waals surface area (Å²) in [4.78, 5) is 25.5. The van der Waals surface area contributed by atoms with Crippen LogP contribution in [0.1, 0.15) is 48.6 Å². The molecule has 2 heterocycles. The SMILES string of the molecule is CC(=O)N1CCC(C(=O)O)(c2ccc(CC3[C@H](C)NC[C@@H](c4ccccc4)S3(=O)=O)c(F)c2)CC1. The van der Waals surface area contributed by atoms with Crippen LogP contribution in [0.3, 0.4) is 0 Å². The standard InChI is InChI=1S/C26H31FN2O5S/c1-17-23(35(33,34)24(16-28-17)19-6-4-3-5-7-19)14-20-8-9-21(15-22(20)27)26(25(31)32)10-12-29(13-11-26)18(2)30/h3-9,15,17,23-24,28H,10-14,16H2,1-2H3,(H,31,32)/t17-,23?,24-/m0/s1. The van der Waals surface area contributed by atoms with Crippen molar-refractivity contribution in [2.45, 2.75) is 55.1 Å². The number of nitrogens with zero attached hydrogens (tertiary/aromatic N) is 1. The number of carbonyl (C=O) groups excluding carboxylic acids is 1. The lowest BCUT2D eigenvalue weighted by atomic mass is 9.72. The van der Waals surface area contributed by atoms with Crippen molar-refractivity contribution in [3.05, 3.63) is 71.0 Å². The van der Waals surface area contributed by atoms with Gasteiger partial charge in [0.25, 0.3) is 0 Å². The van der Waals surface area contributed by atoms with Gasteiger partial charge in [-0.05, 0) is 48.9 Å². The minimum absolute atomic E-state index is 0.00979. The molecule has 1 amide bonds. The number of sulfone groups is 1. The summed E-state index contributed by atoms with van der Waals surface area (Å²) in [6.07, 6.45) is 0.374. The lowest BCUT2D eigenvalue weighted by Gasteiger charge is -2.39. The van der Waals surface area contributed by atoms with Gasteiger partial charge in [-0.1, -0.05) is 42.5 Å². The predicted molar refractivity (Wildman–Crippen MR) is 130 cm³/mol. The highest BCUT2D eigenvalue weighted by Gasteiger charge is 2.45. The Morgan fingerprint density at radius 3 is 2.37 bits per heavy atom. The topological polar surface area (TPSA) is 104 Å². The van der Waals surface area contributed by atoms with Gasteiger partial charge in [0, 0.05) is 32.6 Å². The summed E-state index contributed by atoms with van der Waals surface area (Å²) >= 11 is 0. The zero-order valence-corrected chi connectivity index (χ0v) is 20.7. The molecule has 35 heavy (non-hydrogen) atoms. The lowest BCUT2D eigenvalue weighted by Crippen LogP contribution is -2.53. The Labute approximate surface area is 205 Å². The first-order chi connectivity index (χ1) is 16.6. The van der Waals surface area contributed by atoms with E-state index in [0.717, 1.165) is 0 Å². The van der Waals surface area contributed by atoms with E-state index in [0.29, 0.717) is 17.7 Å². The van der Waals surface area contributed by atoms with Crippen molar-refractivity contribution in [2.24, 2.45) is 0 Å². The van der Waals surface area contributed by atoms with Gasteiger partial charge in [0.1, 0.15) is 5.82 Å². The highest BCUT2D eigenvalue weighted by molar-refractivity contribution is 7.92. The number of nitrogens with one attached hydrogen (secondary N) is 1. The molecular weight excluding hydrogens is 471 g/mol. The maximum atomic E-state index is 15.3. The second-order valence-corrected chi connectivity index (χ2v) is 12.0. The number of benzene rings is 2. The van der Waals surface area contributed by atoms with Crippen molar-refractivity contribution in [1.82, 2.24) is 10.2 Å². The van der Waals surface area contributed by atoms with E-state index in [4.69, 9.17) is 0 Å². The minimum atomic E-state index is -3.61. The minimum Gasteiger partial charge on any atom is -0.481 e. The summed E-state index contributed by atoms with van der Waals surface area (Å²) in [6, 6.07) is 13.0. The third-order valence-corrected chi connectivity index (χ3v) is 10.3. The van der Waals surface area contributed by atoms with E-state index in [1.165, 1.54) is 19.1 Å². The second-order valence-electron chi connectivity index (χ2n) is 9.63. The average molecular weight is 503 g/mol. The number of amides is 1. The lowest BCUT2D eigenvalue weighted by molar-refractivity contribution is -0.148. The zero-order valence-electron chi connectivity index (χ0n) is 19.9. The summed E-state index contributed by atoms with van der Waals surface area (Å²) in [5, 5.41) is 11.7. The Kier molecular flexibility index (Phi) is 7.02. The number of halogens is 1. The van der Waals surface area contributed by atoms with Crippen molar-refractivity contribution >= 4 is 21.7 Å². The van der Waals surface area contributed by atoms with E-state index in [1.807, 2.05) is 6.07 Å². The number of piperidine rings is 1. The van der Waals surface area contributed by atoms with Crippen molar-refractivity contribution in [1.29, 1.82) is 0 Å². The van der Waals surface area contributed by atoms with E-state index in [2.05, 4.69) is 5.32 Å². The van der Waals surface area contributed by atoms with Crippen LogP contribution in [-0.2, 0) is 31.3 Å². The Morgan fingerprint density at radius 2 is 1.80 bits per heavy atom. The molecule has 3 atom stereocenters. The van der Waals surface area contributed by atoms with Crippen LogP contribution in [0.25, 0.3) is 0 Å². The Balaban J connectivity index is 1.60. The number of likely N-dealkylation sites (tertiary alicyclic amines) is 1. The molecule has 188 valence electrons. The molecule has 0 aliphatic carbocycles. The third-order valence-electron chi connectivity index (χ3n) is 7.67. The molecule has 2 N–H and O–H groups in total. The molecule has 0 aromatic heterocycles. The van der Waals surface area contributed by atoms with Crippen LogP contribution in [0.4, 0.5) is 4.39 Å². The Morgan fingerprint density at radius 1 is 1.14 bits per heavy atom. The fourth-order valence-corrected chi connectivity index (χ4v) is 7.72. The number of hydrogen-bond donors (Lipinski definition) is 2. The fraction of sp³-hybridized carbons (Fsp3) is 0.462. The molecule has 2 aliphatic rings. The van der Waals surface area contributed by atoms with E-state index >= 15 is 4.39 Å². The average Bonchev–Trinajstić information content (AvgIpc) is 2.82. The van der Waals surface area contributed by atoms with Gasteiger partial charge in [-0.3, -0.25) is 9.59 Å². The first-order valence-corrected chi connectivity index (χ1v) is 13.5. The maximum absolute atomic E-state index is 15.3. The molecule has 0 radical (unpaired) electrons. The van der Waals surface area contributed by atoms with Gasteiger partial charge in [0.2, 0.25) is 5.91 Å². The van der Waals surface area contributed by atoms with Crippen molar-refractivity contribution < 1.29 is 27.5 Å². The number of rotatable bonds is 5. The van der Waals surface area contributed by atoms with E-state index in [-0.39, 0.29) is 49.9 Å². The largest absolute Gasteiger partial charge is 0.481 e. The Bertz CT molecular complexity index is 1210. The van der Waals surface area contributed by atoms with Gasteiger partial charge >= 0.3 is 5.97 Å². The third kappa shape index (κ3) is 4.71. The smallest absolute Gasteiger partial charge is 0.314 e. The highest BCUT2D eigenvalue weighted by Crippen LogP contribution is 2.38. The van der Waals surface area contributed by atoms with Gasteiger partial charge < -0.3 is 15.3 Å². The van der Waals surface area contributed by atoms with Gasteiger partial charge in [-0.25, -0.2) is 12.8 Å². The number of aliphatic carboxylic acids is 1. The van der Waals surface area contributed by atoms with Crippen LogP contribution in [0.5, 0.6) is 0 Å². The molecule has 9 heteroatoms. The number of carboxylic acids is 1. The Hall–Kier alpha value is -2.78. The number of hydrogen-bond acceptors (Lipinski definition) is 5. The summed E-state index contributed by atoms with van der Waals surface area (Å²) < 4.78 is 42.3. The summed E-state index contributed by atoms with van der Waals surface area (Å²) in [5.74, 6) is -1.77. The molecule has 7 nitrogen and oxygen atoms in total. The number of carboxylic acid groups (broad SMARTS) is 1. The molecule has 1 unspecified atom stereocenters. The van der Waals surface area contributed by atoms with Crippen LogP contribution in [0, 0.1) is 5.82 Å². The van der Waals surface area contributed by atoms with Gasteiger partial charge in [-0.15, -0.1) is 0 Å². The van der Waals surface area contributed by atoms with Crippen LogP contribution in [-0.4, -0.2) is 61.2 Å². The normalized spacial score (nSPS) is 25.7. The monoisotopic (exact) mass is 502 g/mol. The van der Waals surface area contributed by atoms with Gasteiger partial charge in [-0.2, -0.15) is 0 Å². The zero-order chi connectivity index (χ0) is 25.4. The van der Waals surface area contributed by atoms with E-state index < -0.39 is 37.5 Å². The molecule has 2 aliphatic heterocycles. The van der Waals surface area contributed by atoms with Crippen LogP contribution in [0.15, 0.2) is 48.5 Å². The van der Waals surface area contributed by atoms with Crippen LogP contribution >= 0.6 is 0 Å². The van der Waals surface area contributed by atoms with E-state index in [1.54, 1.807) is 42.2 Å². The van der Waals surface area contributed by atoms with Crippen molar-refractivity contribution in [2.75, 3.05) is 19.6 Å². The molecule has 2 aromatic rings. The first kappa shape index (κ1) is 25.3. The molecule has 0 spiro atoms. The highest BCUT2D eigenvalue weighted by atomic mass is 32.2. The molecule has 4 rings (SSSR count). The molecule has 2 saturated heterocycles. The summed E-state index contributed by atoms with van der Waals surface area (Å²) in [7, 11) is -3.61. The molecular formula is C26H31FN2O5S. The molecule has 2 fully saturated rings. The molecule has 0 bridgehead atoms. The van der Waals surface area contributed by atoms with Crippen molar-refractivity contribution in [3.63, 3.8) is 0 Å². The van der Waals surface area contributed by atoms with Crippen LogP contribution < -0.4 is 5.32 Å². The summed E-state index contributed by atoms with van der Waals surface area (Å²) in [6.45, 7) is 4.10. The molecule has 2 aromatic carbocycles. The van der Waals surface area contributed by atoms with Crippen molar-refractivity contribution in [3.8, 4) is 0 Å². The van der Waals surface area contributed by atoms with Gasteiger partial charge in [0.15, 0.2) is 9.84 Å². The fourth-order valence-electron chi connectivity index (χ4n) is 5.36.